The molecule has 182 valence electrons. The Bertz CT molecular complexity index is 1230. The first-order valence-corrected chi connectivity index (χ1v) is 11.7. The van der Waals surface area contributed by atoms with Gasteiger partial charge in [-0.2, -0.15) is 0 Å². The molecule has 4 rings (SSSR count). The van der Waals surface area contributed by atoms with Gasteiger partial charge in [0.05, 0.1) is 34.2 Å². The van der Waals surface area contributed by atoms with Crippen molar-refractivity contribution in [3.05, 3.63) is 89.0 Å². The van der Waals surface area contributed by atoms with Gasteiger partial charge in [0.2, 0.25) is 0 Å². The number of allylic oxidation sites excluding steroid dienone is 1. The van der Waals surface area contributed by atoms with Gasteiger partial charge in [0, 0.05) is 29.9 Å². The first-order valence-electron chi connectivity index (χ1n) is 11.7. The zero-order valence-electron chi connectivity index (χ0n) is 20.8. The quantitative estimate of drug-likeness (QED) is 0.428. The molecule has 0 fully saturated rings. The van der Waals surface area contributed by atoms with Crippen LogP contribution in [0.4, 0.5) is 0 Å². The SMILES string of the molecule is COc1ccc(CCN=C2C=C(NCCc3ccc(OC)c(OC)c3)c3ccccc32)cc1OC. The first kappa shape index (κ1) is 24.2. The molecule has 0 bridgehead atoms. The minimum atomic E-state index is 0.689. The molecule has 0 unspecified atom stereocenters. The molecule has 35 heavy (non-hydrogen) atoms. The number of fused-ring (bicyclic) bond motifs is 1. The summed E-state index contributed by atoms with van der Waals surface area (Å²) in [6.45, 7) is 1.49. The Labute approximate surface area is 207 Å². The van der Waals surface area contributed by atoms with Crippen molar-refractivity contribution in [3.63, 3.8) is 0 Å². The topological polar surface area (TPSA) is 61.3 Å². The van der Waals surface area contributed by atoms with E-state index in [9.17, 15) is 0 Å². The maximum absolute atomic E-state index is 5.43. The molecule has 3 aromatic carbocycles. The highest BCUT2D eigenvalue weighted by atomic mass is 16.5. The maximum atomic E-state index is 5.43. The third-order valence-corrected chi connectivity index (χ3v) is 6.08. The largest absolute Gasteiger partial charge is 0.493 e. The van der Waals surface area contributed by atoms with Gasteiger partial charge in [0.25, 0.3) is 0 Å². The second-order valence-electron chi connectivity index (χ2n) is 8.18. The van der Waals surface area contributed by atoms with E-state index >= 15 is 0 Å². The summed E-state index contributed by atoms with van der Waals surface area (Å²) in [6.07, 6.45) is 3.83. The summed E-state index contributed by atoms with van der Waals surface area (Å²) in [4.78, 5) is 4.91. The van der Waals surface area contributed by atoms with Gasteiger partial charge in [-0.05, 0) is 54.3 Å². The maximum Gasteiger partial charge on any atom is 0.160 e. The Morgan fingerprint density at radius 3 is 1.83 bits per heavy atom. The minimum Gasteiger partial charge on any atom is -0.493 e. The Morgan fingerprint density at radius 2 is 1.23 bits per heavy atom. The number of nitrogens with one attached hydrogen (secondary N) is 1. The lowest BCUT2D eigenvalue weighted by molar-refractivity contribution is 0.354. The molecular weight excluding hydrogens is 440 g/mol. The fourth-order valence-electron chi connectivity index (χ4n) is 4.23. The van der Waals surface area contributed by atoms with Crippen LogP contribution in [0.2, 0.25) is 0 Å². The highest BCUT2D eigenvalue weighted by molar-refractivity contribution is 6.19. The fourth-order valence-corrected chi connectivity index (χ4v) is 4.23. The Balaban J connectivity index is 1.42. The van der Waals surface area contributed by atoms with E-state index in [-0.39, 0.29) is 0 Å². The lowest BCUT2D eigenvalue weighted by Gasteiger charge is -2.11. The van der Waals surface area contributed by atoms with E-state index in [0.29, 0.717) is 6.54 Å². The molecule has 0 atom stereocenters. The molecule has 1 aliphatic rings. The molecule has 3 aromatic rings. The predicted octanol–water partition coefficient (Wildman–Crippen LogP) is 4.94. The van der Waals surface area contributed by atoms with Crippen molar-refractivity contribution >= 4 is 11.4 Å². The number of hydrogen-bond acceptors (Lipinski definition) is 6. The van der Waals surface area contributed by atoms with Crippen LogP contribution in [0.5, 0.6) is 23.0 Å². The summed E-state index contributed by atoms with van der Waals surface area (Å²) < 4.78 is 21.5. The fraction of sp³-hybridized carbons (Fsp3) is 0.276. The number of hydrogen-bond donors (Lipinski definition) is 1. The van der Waals surface area contributed by atoms with Crippen molar-refractivity contribution < 1.29 is 18.9 Å². The lowest BCUT2D eigenvalue weighted by atomic mass is 10.1. The highest BCUT2D eigenvalue weighted by Gasteiger charge is 2.18. The van der Waals surface area contributed by atoms with Crippen LogP contribution in [0.3, 0.4) is 0 Å². The molecule has 0 saturated heterocycles. The third kappa shape index (κ3) is 5.60. The molecule has 0 amide bonds. The predicted molar refractivity (Wildman–Crippen MR) is 140 cm³/mol. The summed E-state index contributed by atoms with van der Waals surface area (Å²) in [5.74, 6) is 2.97. The van der Waals surface area contributed by atoms with Gasteiger partial charge in [0.1, 0.15) is 0 Å². The second kappa shape index (κ2) is 11.5. The van der Waals surface area contributed by atoms with Crippen LogP contribution in [0.25, 0.3) is 5.70 Å². The normalized spacial score (nSPS) is 13.3. The summed E-state index contributed by atoms with van der Waals surface area (Å²) in [6, 6.07) is 20.4. The second-order valence-corrected chi connectivity index (χ2v) is 8.18. The zero-order valence-corrected chi connectivity index (χ0v) is 20.8. The molecule has 1 N–H and O–H groups in total. The molecule has 0 radical (unpaired) electrons. The molecule has 0 aliphatic heterocycles. The van der Waals surface area contributed by atoms with E-state index in [1.54, 1.807) is 28.4 Å². The Morgan fingerprint density at radius 1 is 0.657 bits per heavy atom. The van der Waals surface area contributed by atoms with Gasteiger partial charge in [0.15, 0.2) is 23.0 Å². The van der Waals surface area contributed by atoms with Crippen LogP contribution in [-0.2, 0) is 12.8 Å². The number of benzene rings is 3. The molecule has 0 aromatic heterocycles. The van der Waals surface area contributed by atoms with Crippen molar-refractivity contribution in [1.29, 1.82) is 0 Å². The number of ether oxygens (including phenoxy) is 4. The van der Waals surface area contributed by atoms with E-state index < -0.39 is 0 Å². The van der Waals surface area contributed by atoms with E-state index in [2.05, 4.69) is 47.8 Å². The Hall–Kier alpha value is -3.93. The highest BCUT2D eigenvalue weighted by Crippen LogP contribution is 2.29. The minimum absolute atomic E-state index is 0.689. The smallest absolute Gasteiger partial charge is 0.160 e. The monoisotopic (exact) mass is 472 g/mol. The van der Waals surface area contributed by atoms with Gasteiger partial charge in [-0.25, -0.2) is 0 Å². The Kier molecular flexibility index (Phi) is 7.93. The van der Waals surface area contributed by atoms with Crippen molar-refractivity contribution in [3.8, 4) is 23.0 Å². The summed E-state index contributed by atoms with van der Waals surface area (Å²) >= 11 is 0. The van der Waals surface area contributed by atoms with Gasteiger partial charge < -0.3 is 24.3 Å². The van der Waals surface area contributed by atoms with Crippen molar-refractivity contribution in [2.24, 2.45) is 4.99 Å². The van der Waals surface area contributed by atoms with E-state index in [1.807, 2.05) is 24.3 Å². The molecular formula is C29H32N2O4. The zero-order chi connectivity index (χ0) is 24.6. The molecule has 1 aliphatic carbocycles. The number of nitrogens with zero attached hydrogens (tertiary/aromatic N) is 1. The molecule has 0 heterocycles. The first-order chi connectivity index (χ1) is 17.2. The summed E-state index contributed by atoms with van der Waals surface area (Å²) in [5, 5.41) is 3.60. The van der Waals surface area contributed by atoms with Crippen LogP contribution >= 0.6 is 0 Å². The molecule has 0 spiro atoms. The van der Waals surface area contributed by atoms with Gasteiger partial charge in [-0.15, -0.1) is 0 Å². The van der Waals surface area contributed by atoms with Crippen molar-refractivity contribution in [2.75, 3.05) is 41.5 Å². The third-order valence-electron chi connectivity index (χ3n) is 6.08. The van der Waals surface area contributed by atoms with Crippen LogP contribution in [0, 0.1) is 0 Å². The van der Waals surface area contributed by atoms with Crippen molar-refractivity contribution in [1.82, 2.24) is 5.32 Å². The van der Waals surface area contributed by atoms with Gasteiger partial charge >= 0.3 is 0 Å². The average molecular weight is 473 g/mol. The summed E-state index contributed by atoms with van der Waals surface area (Å²) in [7, 11) is 6.61. The van der Waals surface area contributed by atoms with Crippen LogP contribution < -0.4 is 24.3 Å². The van der Waals surface area contributed by atoms with E-state index in [1.165, 1.54) is 11.1 Å². The number of methoxy groups -OCH3 is 4. The molecule has 0 saturated carbocycles. The number of rotatable bonds is 11. The van der Waals surface area contributed by atoms with Gasteiger partial charge in [-0.1, -0.05) is 36.4 Å². The van der Waals surface area contributed by atoms with Crippen molar-refractivity contribution in [2.45, 2.75) is 12.8 Å². The standard InChI is InChI=1S/C29H32N2O4/c1-32-26-11-9-20(17-28(26)34-3)13-15-30-24-19-25(23-8-6-5-7-22(23)24)31-16-14-21-10-12-27(33-2)29(18-21)35-4/h5-12,17-19,30H,13-16H2,1-4H3. The van der Waals surface area contributed by atoms with E-state index in [4.69, 9.17) is 23.9 Å². The van der Waals surface area contributed by atoms with Crippen LogP contribution in [0.15, 0.2) is 71.7 Å². The number of aliphatic imine (C=N–C) groups is 1. The van der Waals surface area contributed by atoms with E-state index in [0.717, 1.165) is 64.9 Å². The lowest BCUT2D eigenvalue weighted by Crippen LogP contribution is -2.15. The summed E-state index contributed by atoms with van der Waals surface area (Å²) in [5.41, 5.74) is 6.81. The van der Waals surface area contributed by atoms with Gasteiger partial charge in [-0.3, -0.25) is 4.99 Å². The molecule has 6 heteroatoms. The average Bonchev–Trinajstić information content (AvgIpc) is 3.26. The molecule has 6 nitrogen and oxygen atoms in total. The van der Waals surface area contributed by atoms with Crippen LogP contribution in [0.1, 0.15) is 22.3 Å². The van der Waals surface area contributed by atoms with Crippen LogP contribution in [-0.4, -0.2) is 47.2 Å².